The Kier molecular flexibility index (Phi) is 3.75. The summed E-state index contributed by atoms with van der Waals surface area (Å²) in [7, 11) is 0. The van der Waals surface area contributed by atoms with Gasteiger partial charge in [0.05, 0.1) is 0 Å². The van der Waals surface area contributed by atoms with Crippen molar-refractivity contribution in [2.75, 3.05) is 0 Å². The van der Waals surface area contributed by atoms with Crippen LogP contribution in [0.25, 0.3) is 10.6 Å². The highest BCUT2D eigenvalue weighted by atomic mass is 35.5. The molecule has 0 amide bonds. The first kappa shape index (κ1) is 14.8. The number of carbonyl (C=O) groups is 1. The zero-order valence-corrected chi connectivity index (χ0v) is 11.5. The molecule has 8 heteroatoms. The van der Waals surface area contributed by atoms with Crippen LogP contribution in [0.3, 0.4) is 0 Å². The normalized spacial score (nSPS) is 11.7. The number of aryl methyl sites for hydroxylation is 1. The number of halogens is 4. The molecular formula is C12H7ClF3NO2S. The lowest BCUT2D eigenvalue weighted by Gasteiger charge is -2.03. The molecule has 0 aliphatic heterocycles. The first-order chi connectivity index (χ1) is 9.20. The number of carboxylic acids is 1. The quantitative estimate of drug-likeness (QED) is 0.886. The molecule has 106 valence electrons. The Hall–Kier alpha value is -1.60. The predicted molar refractivity (Wildman–Crippen MR) is 69.3 cm³/mol. The Labute approximate surface area is 120 Å². The monoisotopic (exact) mass is 321 g/mol. The van der Waals surface area contributed by atoms with Crippen molar-refractivity contribution >= 4 is 28.9 Å². The van der Waals surface area contributed by atoms with Gasteiger partial charge >= 0.3 is 12.1 Å². The molecule has 0 unspecified atom stereocenters. The van der Waals surface area contributed by atoms with Crippen LogP contribution in [0, 0.1) is 6.92 Å². The number of thiazole rings is 1. The first-order valence-electron chi connectivity index (χ1n) is 5.28. The number of carboxylic acid groups (broad SMARTS) is 1. The van der Waals surface area contributed by atoms with E-state index in [1.54, 1.807) is 13.0 Å². The van der Waals surface area contributed by atoms with E-state index in [0.29, 0.717) is 27.5 Å². The van der Waals surface area contributed by atoms with Gasteiger partial charge < -0.3 is 5.11 Å². The van der Waals surface area contributed by atoms with E-state index in [-0.39, 0.29) is 5.01 Å². The molecule has 0 radical (unpaired) electrons. The highest BCUT2D eigenvalue weighted by Gasteiger charge is 2.39. The number of benzene rings is 1. The molecule has 0 fully saturated rings. The zero-order chi connectivity index (χ0) is 15.1. The van der Waals surface area contributed by atoms with Gasteiger partial charge in [0.15, 0.2) is 5.69 Å². The third-order valence-corrected chi connectivity index (χ3v) is 3.82. The molecule has 2 aromatic rings. The van der Waals surface area contributed by atoms with Crippen molar-refractivity contribution < 1.29 is 23.1 Å². The second-order valence-corrected chi connectivity index (χ2v) is 5.39. The van der Waals surface area contributed by atoms with Crippen LogP contribution >= 0.6 is 22.9 Å². The molecule has 0 aliphatic rings. The van der Waals surface area contributed by atoms with E-state index < -0.39 is 22.7 Å². The van der Waals surface area contributed by atoms with Gasteiger partial charge in [-0.25, -0.2) is 9.78 Å². The molecule has 0 spiro atoms. The molecule has 0 bridgehead atoms. The summed E-state index contributed by atoms with van der Waals surface area (Å²) in [4.78, 5) is 13.5. The number of aromatic carboxylic acids is 1. The van der Waals surface area contributed by atoms with Gasteiger partial charge in [-0.1, -0.05) is 17.7 Å². The lowest BCUT2D eigenvalue weighted by Crippen LogP contribution is -2.11. The summed E-state index contributed by atoms with van der Waals surface area (Å²) >= 11 is 6.27. The van der Waals surface area contributed by atoms with Crippen LogP contribution in [0.1, 0.15) is 20.9 Å². The minimum absolute atomic E-state index is 0.00360. The van der Waals surface area contributed by atoms with Crippen LogP contribution in [0.4, 0.5) is 13.2 Å². The number of alkyl halides is 3. The maximum absolute atomic E-state index is 12.8. The van der Waals surface area contributed by atoms with E-state index in [1.807, 2.05) is 0 Å². The van der Waals surface area contributed by atoms with E-state index in [2.05, 4.69) is 4.98 Å². The smallest absolute Gasteiger partial charge is 0.435 e. The van der Waals surface area contributed by atoms with Crippen molar-refractivity contribution in [1.82, 2.24) is 4.98 Å². The molecule has 2 rings (SSSR count). The summed E-state index contributed by atoms with van der Waals surface area (Å²) in [6, 6.07) is 4.60. The van der Waals surface area contributed by atoms with E-state index in [9.17, 15) is 18.0 Å². The lowest BCUT2D eigenvalue weighted by molar-refractivity contribution is -0.141. The molecule has 1 heterocycles. The van der Waals surface area contributed by atoms with Gasteiger partial charge in [-0.3, -0.25) is 0 Å². The highest BCUT2D eigenvalue weighted by molar-refractivity contribution is 7.17. The van der Waals surface area contributed by atoms with Crippen LogP contribution in [-0.2, 0) is 6.18 Å². The third-order valence-electron chi connectivity index (χ3n) is 2.51. The van der Waals surface area contributed by atoms with Crippen LogP contribution in [0.15, 0.2) is 18.2 Å². The van der Waals surface area contributed by atoms with Crippen molar-refractivity contribution in [3.05, 3.63) is 39.4 Å². The topological polar surface area (TPSA) is 50.2 Å². The maximum atomic E-state index is 12.8. The maximum Gasteiger partial charge on any atom is 0.435 e. The fourth-order valence-corrected chi connectivity index (χ4v) is 2.88. The van der Waals surface area contributed by atoms with Gasteiger partial charge in [-0.15, -0.1) is 11.3 Å². The molecule has 1 aromatic carbocycles. The number of hydrogen-bond donors (Lipinski definition) is 1. The fourth-order valence-electron chi connectivity index (χ4n) is 1.64. The number of nitrogens with zero attached hydrogens (tertiary/aromatic N) is 1. The van der Waals surface area contributed by atoms with Gasteiger partial charge in [-0.2, -0.15) is 13.2 Å². The molecule has 20 heavy (non-hydrogen) atoms. The largest absolute Gasteiger partial charge is 0.477 e. The van der Waals surface area contributed by atoms with E-state index in [1.165, 1.54) is 12.1 Å². The molecular weight excluding hydrogens is 315 g/mol. The Balaban J connectivity index is 2.62. The lowest BCUT2D eigenvalue weighted by atomic mass is 10.1. The van der Waals surface area contributed by atoms with Crippen LogP contribution in [0.5, 0.6) is 0 Å². The summed E-state index contributed by atoms with van der Waals surface area (Å²) < 4.78 is 38.3. The summed E-state index contributed by atoms with van der Waals surface area (Å²) in [5.41, 5.74) is -0.325. The highest BCUT2D eigenvalue weighted by Crippen LogP contribution is 2.38. The van der Waals surface area contributed by atoms with Gasteiger partial charge in [-0.05, 0) is 24.6 Å². The summed E-state index contributed by atoms with van der Waals surface area (Å²) in [5, 5.41) is 9.30. The van der Waals surface area contributed by atoms with Crippen molar-refractivity contribution in [1.29, 1.82) is 0 Å². The molecule has 0 atom stereocenters. The van der Waals surface area contributed by atoms with Crippen molar-refractivity contribution in [2.45, 2.75) is 13.1 Å². The minimum atomic E-state index is -4.80. The van der Waals surface area contributed by atoms with Gasteiger partial charge in [0.1, 0.15) is 9.88 Å². The Morgan fingerprint density at radius 3 is 2.50 bits per heavy atom. The first-order valence-corrected chi connectivity index (χ1v) is 6.47. The second-order valence-electron chi connectivity index (χ2n) is 3.96. The van der Waals surface area contributed by atoms with Crippen molar-refractivity contribution in [3.8, 4) is 10.6 Å². The summed E-state index contributed by atoms with van der Waals surface area (Å²) in [6.45, 7) is 1.66. The van der Waals surface area contributed by atoms with E-state index in [4.69, 9.17) is 16.7 Å². The molecule has 0 saturated heterocycles. The van der Waals surface area contributed by atoms with Gasteiger partial charge in [0, 0.05) is 10.6 Å². The zero-order valence-electron chi connectivity index (χ0n) is 9.95. The fraction of sp³-hybridized carbons (Fsp3) is 0.167. The average Bonchev–Trinajstić information content (AvgIpc) is 2.73. The average molecular weight is 322 g/mol. The SMILES string of the molecule is Cc1cc(Cl)ccc1-c1nc(C(F)(F)F)c(C(=O)O)s1. The minimum Gasteiger partial charge on any atom is -0.477 e. The molecule has 0 saturated carbocycles. The second kappa shape index (κ2) is 5.06. The van der Waals surface area contributed by atoms with Crippen molar-refractivity contribution in [2.24, 2.45) is 0 Å². The third kappa shape index (κ3) is 2.78. The van der Waals surface area contributed by atoms with Crippen molar-refractivity contribution in [3.63, 3.8) is 0 Å². The summed E-state index contributed by atoms with van der Waals surface area (Å²) in [5.74, 6) is -1.65. The molecule has 3 nitrogen and oxygen atoms in total. The van der Waals surface area contributed by atoms with Gasteiger partial charge in [0.25, 0.3) is 0 Å². The van der Waals surface area contributed by atoms with Crippen LogP contribution in [0.2, 0.25) is 5.02 Å². The molecule has 0 aliphatic carbocycles. The van der Waals surface area contributed by atoms with Gasteiger partial charge in [0.2, 0.25) is 0 Å². The van der Waals surface area contributed by atoms with E-state index in [0.717, 1.165) is 0 Å². The number of hydrogen-bond acceptors (Lipinski definition) is 3. The summed E-state index contributed by atoms with van der Waals surface area (Å²) in [6.07, 6.45) is -4.80. The van der Waals surface area contributed by atoms with E-state index >= 15 is 0 Å². The Morgan fingerprint density at radius 1 is 1.40 bits per heavy atom. The number of rotatable bonds is 2. The Morgan fingerprint density at radius 2 is 2.05 bits per heavy atom. The molecule has 1 aromatic heterocycles. The Bertz CT molecular complexity index is 682. The van der Waals surface area contributed by atoms with Crippen LogP contribution in [-0.4, -0.2) is 16.1 Å². The molecule has 1 N–H and O–H groups in total. The van der Waals surface area contributed by atoms with Crippen LogP contribution < -0.4 is 0 Å². The number of aromatic nitrogens is 1. The predicted octanol–water partition coefficient (Wildman–Crippen LogP) is 4.49. The standard InChI is InChI=1S/C12H7ClF3NO2S/c1-5-4-6(13)2-3-7(5)10-17-9(12(14,15)16)8(20-10)11(18)19/h2-4H,1H3,(H,18,19).